The van der Waals surface area contributed by atoms with Gasteiger partial charge in [-0.25, -0.2) is 8.42 Å². The third kappa shape index (κ3) is 3.21. The van der Waals surface area contributed by atoms with Crippen LogP contribution in [-0.4, -0.2) is 29.7 Å². The standard InChI is InChI=1S/C15H17NO4S/c1-10(2)14(15(17)18)21(19,20)9-12-6-3-5-11-7-4-8-16-13(11)12/h3-8,10,14H,9H2,1-2H3,(H,17,18). The molecule has 2 rings (SSSR count). The molecule has 1 N–H and O–H groups in total. The summed E-state index contributed by atoms with van der Waals surface area (Å²) >= 11 is 0. The van der Waals surface area contributed by atoms with Gasteiger partial charge in [0.15, 0.2) is 15.1 Å². The lowest BCUT2D eigenvalue weighted by Gasteiger charge is -2.17. The van der Waals surface area contributed by atoms with Crippen molar-refractivity contribution in [1.82, 2.24) is 4.98 Å². The molecule has 0 aliphatic rings. The van der Waals surface area contributed by atoms with Crippen molar-refractivity contribution < 1.29 is 18.3 Å². The zero-order valence-corrected chi connectivity index (χ0v) is 12.7. The molecule has 6 heteroatoms. The summed E-state index contributed by atoms with van der Waals surface area (Å²) in [6.07, 6.45) is 1.59. The van der Waals surface area contributed by atoms with Gasteiger partial charge in [0.25, 0.3) is 0 Å². The lowest BCUT2D eigenvalue weighted by Crippen LogP contribution is -2.35. The molecular weight excluding hydrogens is 290 g/mol. The Morgan fingerprint density at radius 3 is 2.52 bits per heavy atom. The van der Waals surface area contributed by atoms with Crippen molar-refractivity contribution in [1.29, 1.82) is 0 Å². The predicted molar refractivity (Wildman–Crippen MR) is 80.6 cm³/mol. The van der Waals surface area contributed by atoms with Crippen molar-refractivity contribution in [2.24, 2.45) is 5.92 Å². The highest BCUT2D eigenvalue weighted by Crippen LogP contribution is 2.22. The van der Waals surface area contributed by atoms with Crippen LogP contribution in [0.25, 0.3) is 10.9 Å². The minimum atomic E-state index is -3.80. The Morgan fingerprint density at radius 2 is 1.90 bits per heavy atom. The lowest BCUT2D eigenvalue weighted by molar-refractivity contribution is -0.137. The molecule has 1 unspecified atom stereocenters. The van der Waals surface area contributed by atoms with Gasteiger partial charge < -0.3 is 5.11 Å². The molecule has 0 bridgehead atoms. The predicted octanol–water partition coefficient (Wildman–Crippen LogP) is 2.26. The van der Waals surface area contributed by atoms with Crippen LogP contribution < -0.4 is 0 Å². The van der Waals surface area contributed by atoms with Gasteiger partial charge in [0, 0.05) is 11.6 Å². The Kier molecular flexibility index (Phi) is 4.27. The van der Waals surface area contributed by atoms with Crippen LogP contribution in [0.3, 0.4) is 0 Å². The summed E-state index contributed by atoms with van der Waals surface area (Å²) < 4.78 is 24.8. The van der Waals surface area contributed by atoms with Crippen LogP contribution in [0.4, 0.5) is 0 Å². The molecule has 0 aliphatic carbocycles. The second-order valence-corrected chi connectivity index (χ2v) is 7.42. The van der Waals surface area contributed by atoms with Crippen molar-refractivity contribution in [2.45, 2.75) is 24.9 Å². The first-order chi connectivity index (χ1) is 9.83. The van der Waals surface area contributed by atoms with Crippen molar-refractivity contribution in [3.05, 3.63) is 42.1 Å². The molecule has 0 saturated carbocycles. The number of carboxylic acid groups (broad SMARTS) is 1. The van der Waals surface area contributed by atoms with Gasteiger partial charge in [-0.15, -0.1) is 0 Å². The maximum Gasteiger partial charge on any atom is 0.322 e. The van der Waals surface area contributed by atoms with Gasteiger partial charge in [0.2, 0.25) is 0 Å². The molecular formula is C15H17NO4S. The summed E-state index contributed by atoms with van der Waals surface area (Å²) in [5.74, 6) is -2.12. The van der Waals surface area contributed by atoms with E-state index in [1.165, 1.54) is 0 Å². The normalized spacial score (nSPS) is 13.5. The lowest BCUT2D eigenvalue weighted by atomic mass is 10.1. The second-order valence-electron chi connectivity index (χ2n) is 5.30. The average Bonchev–Trinajstić information content (AvgIpc) is 2.37. The zero-order valence-electron chi connectivity index (χ0n) is 11.9. The molecule has 0 aliphatic heterocycles. The second kappa shape index (κ2) is 5.81. The molecule has 0 spiro atoms. The number of hydrogen-bond acceptors (Lipinski definition) is 4. The summed E-state index contributed by atoms with van der Waals surface area (Å²) in [5, 5.41) is 8.60. The van der Waals surface area contributed by atoms with Crippen molar-refractivity contribution >= 4 is 26.7 Å². The number of carbonyl (C=O) groups is 1. The van der Waals surface area contributed by atoms with Gasteiger partial charge >= 0.3 is 5.97 Å². The molecule has 21 heavy (non-hydrogen) atoms. The highest BCUT2D eigenvalue weighted by molar-refractivity contribution is 7.92. The number of aliphatic carboxylic acids is 1. The van der Waals surface area contributed by atoms with E-state index in [1.807, 2.05) is 12.1 Å². The molecule has 1 heterocycles. The molecule has 0 fully saturated rings. The fraction of sp³-hybridized carbons (Fsp3) is 0.333. The number of rotatable bonds is 5. The first-order valence-electron chi connectivity index (χ1n) is 6.60. The average molecular weight is 307 g/mol. The number of hydrogen-bond donors (Lipinski definition) is 1. The molecule has 1 aromatic heterocycles. The van der Waals surface area contributed by atoms with E-state index < -0.39 is 27.0 Å². The van der Waals surface area contributed by atoms with Gasteiger partial charge in [-0.3, -0.25) is 9.78 Å². The van der Waals surface area contributed by atoms with Crippen molar-refractivity contribution in [3.8, 4) is 0 Å². The summed E-state index contributed by atoms with van der Waals surface area (Å²) in [6.45, 7) is 3.19. The number of aromatic nitrogens is 1. The molecule has 2 aromatic rings. The van der Waals surface area contributed by atoms with E-state index in [0.717, 1.165) is 5.39 Å². The number of carboxylic acids is 1. The van der Waals surface area contributed by atoms with Gasteiger partial charge in [0.05, 0.1) is 11.3 Å². The largest absolute Gasteiger partial charge is 0.480 e. The van der Waals surface area contributed by atoms with Gasteiger partial charge in [-0.2, -0.15) is 0 Å². The van der Waals surface area contributed by atoms with E-state index in [-0.39, 0.29) is 5.75 Å². The summed E-state index contributed by atoms with van der Waals surface area (Å²) in [5.41, 5.74) is 1.12. The molecule has 112 valence electrons. The van der Waals surface area contributed by atoms with Crippen LogP contribution in [0.15, 0.2) is 36.5 Å². The van der Waals surface area contributed by atoms with E-state index in [0.29, 0.717) is 11.1 Å². The van der Waals surface area contributed by atoms with E-state index in [1.54, 1.807) is 38.2 Å². The Balaban J connectivity index is 2.46. The molecule has 0 amide bonds. The van der Waals surface area contributed by atoms with Crippen molar-refractivity contribution in [2.75, 3.05) is 0 Å². The van der Waals surface area contributed by atoms with Crippen molar-refractivity contribution in [3.63, 3.8) is 0 Å². The van der Waals surface area contributed by atoms with E-state index in [9.17, 15) is 18.3 Å². The number of pyridine rings is 1. The molecule has 0 saturated heterocycles. The van der Waals surface area contributed by atoms with Crippen LogP contribution in [0.1, 0.15) is 19.4 Å². The number of nitrogens with zero attached hydrogens (tertiary/aromatic N) is 1. The zero-order chi connectivity index (χ0) is 15.6. The third-order valence-corrected chi connectivity index (χ3v) is 5.54. The molecule has 1 atom stereocenters. The Labute approximate surface area is 123 Å². The Hall–Kier alpha value is -1.95. The fourth-order valence-electron chi connectivity index (χ4n) is 2.44. The van der Waals surface area contributed by atoms with Gasteiger partial charge in [0.1, 0.15) is 0 Å². The number of sulfone groups is 1. The number of fused-ring (bicyclic) bond motifs is 1. The monoisotopic (exact) mass is 307 g/mol. The number of para-hydroxylation sites is 1. The van der Waals surface area contributed by atoms with Crippen LogP contribution in [-0.2, 0) is 20.4 Å². The highest BCUT2D eigenvalue weighted by Gasteiger charge is 2.35. The minimum absolute atomic E-state index is 0.323. The first kappa shape index (κ1) is 15.4. The highest BCUT2D eigenvalue weighted by atomic mass is 32.2. The van der Waals surface area contributed by atoms with E-state index >= 15 is 0 Å². The van der Waals surface area contributed by atoms with Crippen LogP contribution >= 0.6 is 0 Å². The quantitative estimate of drug-likeness (QED) is 0.916. The van der Waals surface area contributed by atoms with Crippen LogP contribution in [0.2, 0.25) is 0 Å². The topological polar surface area (TPSA) is 84.3 Å². The van der Waals surface area contributed by atoms with E-state index in [2.05, 4.69) is 4.98 Å². The smallest absolute Gasteiger partial charge is 0.322 e. The molecule has 1 aromatic carbocycles. The summed E-state index contributed by atoms with van der Waals surface area (Å²) in [7, 11) is -3.80. The molecule has 0 radical (unpaired) electrons. The first-order valence-corrected chi connectivity index (χ1v) is 8.31. The SMILES string of the molecule is CC(C)C(C(=O)O)S(=O)(=O)Cc1cccc2cccnc12. The number of benzene rings is 1. The molecule has 5 nitrogen and oxygen atoms in total. The van der Waals surface area contributed by atoms with Crippen LogP contribution in [0.5, 0.6) is 0 Å². The summed E-state index contributed by atoms with van der Waals surface area (Å²) in [6, 6.07) is 8.88. The summed E-state index contributed by atoms with van der Waals surface area (Å²) in [4.78, 5) is 15.4. The Morgan fingerprint density at radius 1 is 1.24 bits per heavy atom. The minimum Gasteiger partial charge on any atom is -0.480 e. The fourth-order valence-corrected chi connectivity index (χ4v) is 4.43. The van der Waals surface area contributed by atoms with Gasteiger partial charge in [-0.05, 0) is 17.5 Å². The van der Waals surface area contributed by atoms with Crippen LogP contribution in [0, 0.1) is 5.92 Å². The maximum atomic E-state index is 12.4. The maximum absolute atomic E-state index is 12.4. The van der Waals surface area contributed by atoms with E-state index in [4.69, 9.17) is 0 Å². The third-order valence-electron chi connectivity index (χ3n) is 3.31. The Bertz CT molecular complexity index is 763. The van der Waals surface area contributed by atoms with Gasteiger partial charge in [-0.1, -0.05) is 38.1 Å².